The number of nitrogens with one attached hydrogen (secondary N) is 1. The van der Waals surface area contributed by atoms with Gasteiger partial charge in [0.25, 0.3) is 0 Å². The van der Waals surface area contributed by atoms with E-state index in [4.69, 9.17) is 16.9 Å². The fourth-order valence-corrected chi connectivity index (χ4v) is 4.16. The van der Waals surface area contributed by atoms with Crippen LogP contribution in [0.25, 0.3) is 10.9 Å². The molecule has 152 valence electrons. The van der Waals surface area contributed by atoms with Crippen LogP contribution in [0.4, 0.5) is 16.2 Å². The number of piperidine rings is 1. The maximum atomic E-state index is 12.6. The monoisotopic (exact) mass is 437 g/mol. The molecule has 0 spiro atoms. The summed E-state index contributed by atoms with van der Waals surface area (Å²) in [5.41, 5.74) is 3.20. The zero-order valence-electron chi connectivity index (χ0n) is 16.1. The Kier molecular flexibility index (Phi) is 5.98. The summed E-state index contributed by atoms with van der Waals surface area (Å²) >= 11 is 10.6. The van der Waals surface area contributed by atoms with Gasteiger partial charge in [0.15, 0.2) is 0 Å². The van der Waals surface area contributed by atoms with Gasteiger partial charge in [0.1, 0.15) is 0 Å². The molecule has 1 fully saturated rings. The van der Waals surface area contributed by atoms with Gasteiger partial charge in [-0.05, 0) is 61.4 Å². The quantitative estimate of drug-likeness (QED) is 0.558. The first kappa shape index (κ1) is 20.3. The number of urea groups is 1. The van der Waals surface area contributed by atoms with E-state index in [0.29, 0.717) is 16.3 Å². The number of nitrogens with zero attached hydrogens (tertiary/aromatic N) is 4. The first-order valence-electron chi connectivity index (χ1n) is 9.63. The summed E-state index contributed by atoms with van der Waals surface area (Å²) in [6.45, 7) is 1.61. The molecule has 1 aliphatic heterocycles. The Hall–Kier alpha value is -2.95. The SMILES string of the molecule is N#Cc1ccc(NC(=O)N(S)C2CCN(c3ccnc4ccc(Cl)cc34)CC2)cc1. The Morgan fingerprint density at radius 1 is 1.20 bits per heavy atom. The van der Waals surface area contributed by atoms with Gasteiger partial charge in [-0.15, -0.1) is 0 Å². The van der Waals surface area contributed by atoms with Gasteiger partial charge in [-0.2, -0.15) is 5.26 Å². The number of hydrogen-bond donors (Lipinski definition) is 2. The Morgan fingerprint density at radius 2 is 1.93 bits per heavy atom. The number of pyridine rings is 1. The molecule has 30 heavy (non-hydrogen) atoms. The number of nitriles is 1. The molecule has 1 aliphatic rings. The summed E-state index contributed by atoms with van der Waals surface area (Å²) < 4.78 is 1.47. The highest BCUT2D eigenvalue weighted by molar-refractivity contribution is 7.78. The van der Waals surface area contributed by atoms with Gasteiger partial charge < -0.3 is 10.2 Å². The van der Waals surface area contributed by atoms with Gasteiger partial charge in [-0.3, -0.25) is 9.29 Å². The van der Waals surface area contributed by atoms with E-state index in [2.05, 4.69) is 34.1 Å². The second-order valence-corrected chi connectivity index (χ2v) is 8.04. The number of fused-ring (bicyclic) bond motifs is 1. The highest BCUT2D eigenvalue weighted by atomic mass is 35.5. The van der Waals surface area contributed by atoms with Crippen molar-refractivity contribution >= 4 is 52.7 Å². The number of halogens is 1. The molecular formula is C22H20ClN5OS. The lowest BCUT2D eigenvalue weighted by Gasteiger charge is -2.37. The predicted molar refractivity (Wildman–Crippen MR) is 123 cm³/mol. The van der Waals surface area contributed by atoms with Crippen LogP contribution in [0, 0.1) is 11.3 Å². The second kappa shape index (κ2) is 8.82. The average molecular weight is 438 g/mol. The molecule has 0 saturated carbocycles. The largest absolute Gasteiger partial charge is 0.371 e. The van der Waals surface area contributed by atoms with Crippen LogP contribution in [0.1, 0.15) is 18.4 Å². The first-order valence-corrected chi connectivity index (χ1v) is 10.4. The van der Waals surface area contributed by atoms with Crippen molar-refractivity contribution in [3.63, 3.8) is 0 Å². The lowest BCUT2D eigenvalue weighted by atomic mass is 10.0. The molecule has 3 aromatic rings. The first-order chi connectivity index (χ1) is 14.5. The average Bonchev–Trinajstić information content (AvgIpc) is 2.78. The molecule has 2 amide bonds. The van der Waals surface area contributed by atoms with Crippen molar-refractivity contribution in [3.8, 4) is 6.07 Å². The number of aromatic nitrogens is 1. The van der Waals surface area contributed by atoms with Crippen molar-refractivity contribution in [2.45, 2.75) is 18.9 Å². The summed E-state index contributed by atoms with van der Waals surface area (Å²) in [4.78, 5) is 19.3. The van der Waals surface area contributed by atoms with Crippen molar-refractivity contribution in [3.05, 3.63) is 65.3 Å². The summed E-state index contributed by atoms with van der Waals surface area (Å²) in [5, 5.41) is 13.4. The number of rotatable bonds is 3. The van der Waals surface area contributed by atoms with Crippen LogP contribution in [0.2, 0.25) is 5.02 Å². The standard InChI is InChI=1S/C22H20ClN5OS/c23-16-3-6-20-19(13-16)21(7-10-25-20)27-11-8-18(9-12-27)28(30)22(29)26-17-4-1-15(14-24)2-5-17/h1-7,10,13,18,30H,8-9,11-12H2,(H,26,29). The molecule has 0 atom stereocenters. The molecule has 8 heteroatoms. The van der Waals surface area contributed by atoms with E-state index >= 15 is 0 Å². The van der Waals surface area contributed by atoms with E-state index in [1.165, 1.54) is 4.31 Å². The van der Waals surface area contributed by atoms with E-state index < -0.39 is 0 Å². The fourth-order valence-electron chi connectivity index (χ4n) is 3.71. The van der Waals surface area contributed by atoms with Crippen molar-refractivity contribution < 1.29 is 4.79 Å². The molecular weight excluding hydrogens is 418 g/mol. The molecule has 0 bridgehead atoms. The van der Waals surface area contributed by atoms with Crippen LogP contribution in [0.5, 0.6) is 0 Å². The summed E-state index contributed by atoms with van der Waals surface area (Å²) in [6.07, 6.45) is 3.41. The predicted octanol–water partition coefficient (Wildman–Crippen LogP) is 5.11. The molecule has 4 rings (SSSR count). The zero-order valence-corrected chi connectivity index (χ0v) is 17.8. The van der Waals surface area contributed by atoms with Gasteiger partial charge in [0.2, 0.25) is 0 Å². The van der Waals surface area contributed by atoms with Crippen LogP contribution in [0.3, 0.4) is 0 Å². The number of anilines is 2. The van der Waals surface area contributed by atoms with E-state index in [0.717, 1.165) is 42.5 Å². The Morgan fingerprint density at radius 3 is 2.63 bits per heavy atom. The molecule has 1 aromatic heterocycles. The molecule has 6 nitrogen and oxygen atoms in total. The molecule has 0 aliphatic carbocycles. The van der Waals surface area contributed by atoms with Crippen LogP contribution in [0.15, 0.2) is 54.7 Å². The van der Waals surface area contributed by atoms with Gasteiger partial charge in [0, 0.05) is 47.1 Å². The Labute approximate surface area is 185 Å². The van der Waals surface area contributed by atoms with E-state index in [1.807, 2.05) is 30.5 Å². The highest BCUT2D eigenvalue weighted by Crippen LogP contribution is 2.31. The third-order valence-electron chi connectivity index (χ3n) is 5.30. The van der Waals surface area contributed by atoms with Crippen LogP contribution in [-0.2, 0) is 0 Å². The van der Waals surface area contributed by atoms with Gasteiger partial charge >= 0.3 is 6.03 Å². The van der Waals surface area contributed by atoms with Crippen molar-refractivity contribution in [1.82, 2.24) is 9.29 Å². The maximum absolute atomic E-state index is 12.6. The van der Waals surface area contributed by atoms with E-state index in [9.17, 15) is 4.79 Å². The summed E-state index contributed by atoms with van der Waals surface area (Å²) in [6, 6.07) is 16.3. The highest BCUT2D eigenvalue weighted by Gasteiger charge is 2.27. The summed E-state index contributed by atoms with van der Waals surface area (Å²) in [7, 11) is 0. The zero-order chi connectivity index (χ0) is 21.1. The van der Waals surface area contributed by atoms with Crippen molar-refractivity contribution in [1.29, 1.82) is 5.26 Å². The fraction of sp³-hybridized carbons (Fsp3) is 0.227. The van der Waals surface area contributed by atoms with Gasteiger partial charge in [-0.1, -0.05) is 24.4 Å². The maximum Gasteiger partial charge on any atom is 0.331 e. The van der Waals surface area contributed by atoms with Crippen molar-refractivity contribution in [2.75, 3.05) is 23.3 Å². The minimum Gasteiger partial charge on any atom is -0.371 e. The molecule has 0 unspecified atom stereocenters. The topological polar surface area (TPSA) is 72.3 Å². The molecule has 2 aromatic carbocycles. The van der Waals surface area contributed by atoms with Crippen LogP contribution in [-0.4, -0.2) is 34.5 Å². The number of thiol groups is 1. The van der Waals surface area contributed by atoms with Crippen molar-refractivity contribution in [2.24, 2.45) is 0 Å². The number of carbonyl (C=O) groups is 1. The molecule has 2 heterocycles. The third-order valence-corrected chi connectivity index (χ3v) is 6.05. The number of hydrogen-bond acceptors (Lipinski definition) is 5. The van der Waals surface area contributed by atoms with E-state index in [-0.39, 0.29) is 12.1 Å². The number of carbonyl (C=O) groups excluding carboxylic acids is 1. The Bertz CT molecular complexity index is 1110. The minimum atomic E-state index is -0.275. The molecule has 0 radical (unpaired) electrons. The second-order valence-electron chi connectivity index (χ2n) is 7.17. The van der Waals surface area contributed by atoms with Crippen LogP contribution >= 0.6 is 24.4 Å². The lowest BCUT2D eigenvalue weighted by molar-refractivity contribution is 0.223. The smallest absolute Gasteiger partial charge is 0.331 e. The number of benzene rings is 2. The van der Waals surface area contributed by atoms with Gasteiger partial charge in [-0.25, -0.2) is 4.79 Å². The lowest BCUT2D eigenvalue weighted by Crippen LogP contribution is -2.44. The number of amides is 2. The molecule has 1 N–H and O–H groups in total. The summed E-state index contributed by atoms with van der Waals surface area (Å²) in [5.74, 6) is 0. The minimum absolute atomic E-state index is 0.0275. The molecule has 1 saturated heterocycles. The normalized spacial score (nSPS) is 14.4. The van der Waals surface area contributed by atoms with Gasteiger partial charge in [0.05, 0.1) is 17.1 Å². The third kappa shape index (κ3) is 4.30. The Balaban J connectivity index is 1.40. The van der Waals surface area contributed by atoms with Crippen LogP contribution < -0.4 is 10.2 Å². The van der Waals surface area contributed by atoms with E-state index in [1.54, 1.807) is 24.3 Å².